The van der Waals surface area contributed by atoms with E-state index in [-0.39, 0.29) is 11.9 Å². The number of amides is 1. The second kappa shape index (κ2) is 5.20. The van der Waals surface area contributed by atoms with Gasteiger partial charge in [0, 0.05) is 4.47 Å². The molecule has 0 radical (unpaired) electrons. The predicted octanol–water partition coefficient (Wildman–Crippen LogP) is 2.85. The monoisotopic (exact) mass is 285 g/mol. The van der Waals surface area contributed by atoms with Gasteiger partial charge >= 0.3 is 0 Å². The van der Waals surface area contributed by atoms with Gasteiger partial charge in [-0.2, -0.15) is 0 Å². The van der Waals surface area contributed by atoms with Crippen LogP contribution in [0.1, 0.15) is 17.3 Å². The molecule has 2 nitrogen and oxygen atoms in total. The molecule has 0 bridgehead atoms. The molecule has 1 unspecified atom stereocenters. The lowest BCUT2D eigenvalue weighted by Crippen LogP contribution is -2.31. The van der Waals surface area contributed by atoms with E-state index >= 15 is 0 Å². The zero-order valence-electron chi connectivity index (χ0n) is 8.05. The Morgan fingerprint density at radius 2 is 2.33 bits per heavy atom. The predicted molar refractivity (Wildman–Crippen MR) is 64.9 cm³/mol. The minimum Gasteiger partial charge on any atom is -0.339 e. The van der Waals surface area contributed by atoms with Crippen LogP contribution in [0.15, 0.2) is 22.7 Å². The second-order valence-electron chi connectivity index (χ2n) is 2.99. The van der Waals surface area contributed by atoms with Gasteiger partial charge < -0.3 is 5.32 Å². The van der Waals surface area contributed by atoms with E-state index in [2.05, 4.69) is 27.2 Å². The standard InChI is InChI=1S/C11H9BrClNO/c1-3-7(2)14-11(15)9-6-8(12)4-5-10(9)13/h1,4-7H,2H3,(H,14,15). The number of carbonyl (C=O) groups is 1. The second-order valence-corrected chi connectivity index (χ2v) is 4.31. The summed E-state index contributed by atoms with van der Waals surface area (Å²) in [4.78, 5) is 11.7. The van der Waals surface area contributed by atoms with Crippen molar-refractivity contribution >= 4 is 33.4 Å². The summed E-state index contributed by atoms with van der Waals surface area (Å²) >= 11 is 9.15. The van der Waals surface area contributed by atoms with Crippen LogP contribution in [0.25, 0.3) is 0 Å². The lowest BCUT2D eigenvalue weighted by Gasteiger charge is -2.09. The average Bonchev–Trinajstić information content (AvgIpc) is 2.21. The first-order chi connectivity index (χ1) is 7.04. The summed E-state index contributed by atoms with van der Waals surface area (Å²) in [6.07, 6.45) is 5.16. The van der Waals surface area contributed by atoms with E-state index in [4.69, 9.17) is 18.0 Å². The van der Waals surface area contributed by atoms with Gasteiger partial charge in [-0.15, -0.1) is 6.42 Å². The fourth-order valence-electron chi connectivity index (χ4n) is 0.988. The topological polar surface area (TPSA) is 29.1 Å². The summed E-state index contributed by atoms with van der Waals surface area (Å²) in [6, 6.07) is 4.76. The van der Waals surface area contributed by atoms with Crippen molar-refractivity contribution in [2.24, 2.45) is 0 Å². The van der Waals surface area contributed by atoms with Gasteiger partial charge in [0.2, 0.25) is 0 Å². The smallest absolute Gasteiger partial charge is 0.253 e. The number of terminal acetylenes is 1. The molecule has 4 heteroatoms. The number of nitrogens with one attached hydrogen (secondary N) is 1. The number of hydrogen-bond donors (Lipinski definition) is 1. The van der Waals surface area contributed by atoms with E-state index in [1.54, 1.807) is 25.1 Å². The number of hydrogen-bond acceptors (Lipinski definition) is 1. The highest BCUT2D eigenvalue weighted by atomic mass is 79.9. The van der Waals surface area contributed by atoms with Crippen molar-refractivity contribution in [2.75, 3.05) is 0 Å². The fraction of sp³-hybridized carbons (Fsp3) is 0.182. The van der Waals surface area contributed by atoms with Gasteiger partial charge in [0.1, 0.15) is 0 Å². The van der Waals surface area contributed by atoms with Crippen LogP contribution in [0.3, 0.4) is 0 Å². The Hall–Kier alpha value is -0.980. The first kappa shape index (κ1) is 12.1. The Bertz CT molecular complexity index is 425. The SMILES string of the molecule is C#CC(C)NC(=O)c1cc(Br)ccc1Cl. The van der Waals surface area contributed by atoms with Gasteiger partial charge in [-0.3, -0.25) is 4.79 Å². The molecule has 0 aliphatic carbocycles. The van der Waals surface area contributed by atoms with Crippen LogP contribution >= 0.6 is 27.5 Å². The van der Waals surface area contributed by atoms with Crippen LogP contribution in [0.2, 0.25) is 5.02 Å². The fourth-order valence-corrected chi connectivity index (χ4v) is 1.55. The summed E-state index contributed by atoms with van der Waals surface area (Å²) in [5.41, 5.74) is 0.410. The molecule has 0 saturated carbocycles. The molecule has 1 rings (SSSR count). The van der Waals surface area contributed by atoms with E-state index in [9.17, 15) is 4.79 Å². The molecule has 0 aromatic heterocycles. The number of benzene rings is 1. The molecule has 1 amide bonds. The Kier molecular flexibility index (Phi) is 4.19. The summed E-state index contributed by atoms with van der Waals surface area (Å²) in [5, 5.41) is 3.04. The molecule has 1 atom stereocenters. The lowest BCUT2D eigenvalue weighted by atomic mass is 10.2. The Balaban J connectivity index is 2.92. The number of halogens is 2. The third kappa shape index (κ3) is 3.26. The Labute approximate surface area is 102 Å². The molecule has 15 heavy (non-hydrogen) atoms. The molecule has 0 aliphatic heterocycles. The quantitative estimate of drug-likeness (QED) is 0.832. The average molecular weight is 287 g/mol. The molecule has 1 aromatic rings. The molecule has 0 saturated heterocycles. The van der Waals surface area contributed by atoms with E-state index in [0.717, 1.165) is 4.47 Å². The van der Waals surface area contributed by atoms with Crippen molar-refractivity contribution in [2.45, 2.75) is 13.0 Å². The van der Waals surface area contributed by atoms with E-state index in [1.165, 1.54) is 0 Å². The third-order valence-electron chi connectivity index (χ3n) is 1.77. The van der Waals surface area contributed by atoms with Crippen molar-refractivity contribution in [1.82, 2.24) is 5.32 Å². The maximum absolute atomic E-state index is 11.7. The summed E-state index contributed by atoms with van der Waals surface area (Å²) < 4.78 is 0.797. The number of carbonyl (C=O) groups excluding carboxylic acids is 1. The van der Waals surface area contributed by atoms with Gasteiger partial charge in [0.25, 0.3) is 5.91 Å². The van der Waals surface area contributed by atoms with Crippen LogP contribution in [-0.2, 0) is 0 Å². The molecular formula is C11H9BrClNO. The van der Waals surface area contributed by atoms with E-state index in [1.807, 2.05) is 0 Å². The Morgan fingerprint density at radius 1 is 1.67 bits per heavy atom. The zero-order chi connectivity index (χ0) is 11.4. The first-order valence-electron chi connectivity index (χ1n) is 4.26. The minimum absolute atomic E-state index is 0.272. The van der Waals surface area contributed by atoms with Crippen molar-refractivity contribution in [1.29, 1.82) is 0 Å². The molecule has 0 heterocycles. The van der Waals surface area contributed by atoms with E-state index < -0.39 is 0 Å². The highest BCUT2D eigenvalue weighted by molar-refractivity contribution is 9.10. The van der Waals surface area contributed by atoms with Crippen LogP contribution in [0, 0.1) is 12.3 Å². The number of rotatable bonds is 2. The van der Waals surface area contributed by atoms with Crippen molar-refractivity contribution in [3.05, 3.63) is 33.3 Å². The zero-order valence-corrected chi connectivity index (χ0v) is 10.4. The van der Waals surface area contributed by atoms with Gasteiger partial charge in [0.15, 0.2) is 0 Å². The summed E-state index contributed by atoms with van der Waals surface area (Å²) in [6.45, 7) is 1.73. The molecule has 78 valence electrons. The molecule has 0 aliphatic rings. The highest BCUT2D eigenvalue weighted by Gasteiger charge is 2.11. The van der Waals surface area contributed by atoms with Gasteiger partial charge in [0.05, 0.1) is 16.6 Å². The van der Waals surface area contributed by atoms with Crippen molar-refractivity contribution in [3.8, 4) is 12.3 Å². The third-order valence-corrected chi connectivity index (χ3v) is 2.59. The minimum atomic E-state index is -0.312. The van der Waals surface area contributed by atoms with Crippen molar-refractivity contribution < 1.29 is 4.79 Å². The van der Waals surface area contributed by atoms with Gasteiger partial charge in [-0.25, -0.2) is 0 Å². The summed E-state index contributed by atoms with van der Waals surface area (Å²) in [7, 11) is 0. The maximum Gasteiger partial charge on any atom is 0.253 e. The summed E-state index contributed by atoms with van der Waals surface area (Å²) in [5.74, 6) is 2.14. The Morgan fingerprint density at radius 3 is 2.93 bits per heavy atom. The molecule has 0 spiro atoms. The molecular weight excluding hydrogens is 277 g/mol. The maximum atomic E-state index is 11.7. The molecule has 0 fully saturated rings. The van der Waals surface area contributed by atoms with E-state index in [0.29, 0.717) is 10.6 Å². The van der Waals surface area contributed by atoms with Crippen LogP contribution in [0.4, 0.5) is 0 Å². The van der Waals surface area contributed by atoms with Crippen LogP contribution in [-0.4, -0.2) is 11.9 Å². The van der Waals surface area contributed by atoms with Crippen LogP contribution in [0.5, 0.6) is 0 Å². The van der Waals surface area contributed by atoms with Gasteiger partial charge in [-0.05, 0) is 25.1 Å². The lowest BCUT2D eigenvalue weighted by molar-refractivity contribution is 0.0948. The normalized spacial score (nSPS) is 11.6. The highest BCUT2D eigenvalue weighted by Crippen LogP contribution is 2.20. The first-order valence-corrected chi connectivity index (χ1v) is 5.43. The van der Waals surface area contributed by atoms with Gasteiger partial charge in [-0.1, -0.05) is 33.5 Å². The molecule has 1 N–H and O–H groups in total. The van der Waals surface area contributed by atoms with Crippen molar-refractivity contribution in [3.63, 3.8) is 0 Å². The van der Waals surface area contributed by atoms with Crippen LogP contribution < -0.4 is 5.32 Å². The largest absolute Gasteiger partial charge is 0.339 e. The molecule has 1 aromatic carbocycles.